The number of nitriles is 1. The zero-order valence-corrected chi connectivity index (χ0v) is 16.7. The Labute approximate surface area is 180 Å². The standard InChI is InChI=1S/C20H19F3N4O5/c1-2-29-19(28)17(27-26)18(25)31-15-8-5-13(10-24)16(9-15)30-11-12-3-6-14(7-4-12)32-20(21,22)23/h3-9,27H,2,11,25-26H2,1H3/b18-17+. The lowest BCUT2D eigenvalue weighted by molar-refractivity contribution is -0.274. The zero-order valence-electron chi connectivity index (χ0n) is 16.7. The maximum Gasteiger partial charge on any atom is 0.573 e. The number of benzene rings is 2. The fraction of sp³-hybridized carbons (Fsp3) is 0.200. The first-order valence-corrected chi connectivity index (χ1v) is 8.99. The highest BCUT2D eigenvalue weighted by atomic mass is 19.4. The Hall–Kier alpha value is -4.11. The summed E-state index contributed by atoms with van der Waals surface area (Å²) in [5.74, 6) is 3.96. The molecule has 0 unspecified atom stereocenters. The Balaban J connectivity index is 2.15. The molecule has 0 aliphatic heterocycles. The highest BCUT2D eigenvalue weighted by Gasteiger charge is 2.30. The minimum absolute atomic E-state index is 0.0613. The average Bonchev–Trinajstić information content (AvgIpc) is 2.73. The van der Waals surface area contributed by atoms with E-state index in [1.165, 1.54) is 30.3 Å². The number of carbonyl (C=O) groups excluding carboxylic acids is 1. The summed E-state index contributed by atoms with van der Waals surface area (Å²) in [7, 11) is 0. The Morgan fingerprint density at radius 2 is 1.81 bits per heavy atom. The molecular formula is C20H19F3N4O5. The summed E-state index contributed by atoms with van der Waals surface area (Å²) in [6.45, 7) is 1.63. The molecule has 0 aliphatic carbocycles. The van der Waals surface area contributed by atoms with Gasteiger partial charge in [0, 0.05) is 6.07 Å². The first-order valence-electron chi connectivity index (χ1n) is 8.99. The van der Waals surface area contributed by atoms with E-state index in [0.29, 0.717) is 5.56 Å². The smallest absolute Gasteiger partial charge is 0.487 e. The van der Waals surface area contributed by atoms with E-state index in [1.807, 2.05) is 6.07 Å². The monoisotopic (exact) mass is 452 g/mol. The van der Waals surface area contributed by atoms with E-state index in [1.54, 1.807) is 6.92 Å². The lowest BCUT2D eigenvalue weighted by Crippen LogP contribution is -2.32. The normalized spacial score (nSPS) is 11.6. The molecule has 12 heteroatoms. The quantitative estimate of drug-likeness (QED) is 0.172. The summed E-state index contributed by atoms with van der Waals surface area (Å²) in [4.78, 5) is 11.8. The molecule has 0 atom stereocenters. The van der Waals surface area contributed by atoms with E-state index in [2.05, 4.69) is 10.2 Å². The van der Waals surface area contributed by atoms with Gasteiger partial charge < -0.3 is 30.1 Å². The molecule has 0 heterocycles. The van der Waals surface area contributed by atoms with Crippen molar-refractivity contribution in [1.82, 2.24) is 5.43 Å². The van der Waals surface area contributed by atoms with Crippen LogP contribution in [0.1, 0.15) is 18.1 Å². The van der Waals surface area contributed by atoms with Gasteiger partial charge in [-0.15, -0.1) is 13.2 Å². The van der Waals surface area contributed by atoms with Crippen LogP contribution in [0.5, 0.6) is 17.2 Å². The van der Waals surface area contributed by atoms with Gasteiger partial charge in [0.05, 0.1) is 12.2 Å². The molecule has 32 heavy (non-hydrogen) atoms. The largest absolute Gasteiger partial charge is 0.573 e. The summed E-state index contributed by atoms with van der Waals surface area (Å²) in [6.07, 6.45) is -4.79. The van der Waals surface area contributed by atoms with Gasteiger partial charge in [-0.2, -0.15) is 5.26 Å². The minimum atomic E-state index is -4.79. The van der Waals surface area contributed by atoms with Gasteiger partial charge in [-0.25, -0.2) is 4.79 Å². The second kappa shape index (κ2) is 10.8. The van der Waals surface area contributed by atoms with E-state index in [-0.39, 0.29) is 47.6 Å². The van der Waals surface area contributed by atoms with Crippen LogP contribution in [0.3, 0.4) is 0 Å². The summed E-state index contributed by atoms with van der Waals surface area (Å²) in [6, 6.07) is 11.2. The number of esters is 1. The molecular weight excluding hydrogens is 433 g/mol. The van der Waals surface area contributed by atoms with Crippen LogP contribution in [0.2, 0.25) is 0 Å². The van der Waals surface area contributed by atoms with Crippen molar-refractivity contribution < 1.29 is 36.9 Å². The van der Waals surface area contributed by atoms with Gasteiger partial charge in [0.2, 0.25) is 5.88 Å². The van der Waals surface area contributed by atoms with Gasteiger partial charge >= 0.3 is 12.3 Å². The number of hydrogen-bond donors (Lipinski definition) is 3. The van der Waals surface area contributed by atoms with Crippen LogP contribution in [0.25, 0.3) is 0 Å². The maximum absolute atomic E-state index is 12.2. The molecule has 0 spiro atoms. The highest BCUT2D eigenvalue weighted by molar-refractivity contribution is 5.88. The second-order valence-corrected chi connectivity index (χ2v) is 5.96. The molecule has 0 amide bonds. The molecule has 9 nitrogen and oxygen atoms in total. The topological polar surface area (TPSA) is 142 Å². The van der Waals surface area contributed by atoms with Gasteiger partial charge in [0.1, 0.15) is 29.9 Å². The van der Waals surface area contributed by atoms with Crippen LogP contribution < -0.4 is 31.2 Å². The van der Waals surface area contributed by atoms with Crippen molar-refractivity contribution in [3.8, 4) is 23.3 Å². The van der Waals surface area contributed by atoms with Gasteiger partial charge in [-0.05, 0) is 36.8 Å². The lowest BCUT2D eigenvalue weighted by atomic mass is 10.2. The van der Waals surface area contributed by atoms with E-state index in [0.717, 1.165) is 12.1 Å². The Morgan fingerprint density at radius 3 is 2.38 bits per heavy atom. The molecule has 5 N–H and O–H groups in total. The van der Waals surface area contributed by atoms with E-state index < -0.39 is 12.3 Å². The van der Waals surface area contributed by atoms with Crippen LogP contribution in [0, 0.1) is 11.3 Å². The molecule has 0 saturated heterocycles. The van der Waals surface area contributed by atoms with Crippen LogP contribution in [-0.4, -0.2) is 18.9 Å². The molecule has 2 rings (SSSR count). The molecule has 0 aliphatic rings. The number of carbonyl (C=O) groups is 1. The van der Waals surface area contributed by atoms with Gasteiger partial charge in [-0.1, -0.05) is 12.1 Å². The number of nitrogens with zero attached hydrogens (tertiary/aromatic N) is 1. The van der Waals surface area contributed by atoms with Crippen molar-refractivity contribution in [2.45, 2.75) is 19.9 Å². The maximum atomic E-state index is 12.2. The molecule has 0 radical (unpaired) electrons. The number of ether oxygens (including phenoxy) is 4. The van der Waals surface area contributed by atoms with Crippen LogP contribution >= 0.6 is 0 Å². The van der Waals surface area contributed by atoms with E-state index >= 15 is 0 Å². The van der Waals surface area contributed by atoms with Gasteiger partial charge in [-0.3, -0.25) is 5.84 Å². The van der Waals surface area contributed by atoms with Crippen LogP contribution in [0.15, 0.2) is 54.0 Å². The minimum Gasteiger partial charge on any atom is -0.487 e. The third-order valence-electron chi connectivity index (χ3n) is 3.72. The first-order chi connectivity index (χ1) is 15.2. The predicted molar refractivity (Wildman–Crippen MR) is 104 cm³/mol. The highest BCUT2D eigenvalue weighted by Crippen LogP contribution is 2.27. The van der Waals surface area contributed by atoms with Crippen molar-refractivity contribution in [2.24, 2.45) is 11.6 Å². The summed E-state index contributed by atoms with van der Waals surface area (Å²) >= 11 is 0. The Bertz CT molecular complexity index is 1020. The number of nitrogens with one attached hydrogen (secondary N) is 1. The van der Waals surface area contributed by atoms with Crippen molar-refractivity contribution in [3.05, 3.63) is 65.2 Å². The van der Waals surface area contributed by atoms with Crippen molar-refractivity contribution >= 4 is 5.97 Å². The summed E-state index contributed by atoms with van der Waals surface area (Å²) < 4.78 is 56.3. The van der Waals surface area contributed by atoms with E-state index in [4.69, 9.17) is 25.8 Å². The summed E-state index contributed by atoms with van der Waals surface area (Å²) in [5, 5.41) is 9.28. The van der Waals surface area contributed by atoms with E-state index in [9.17, 15) is 23.2 Å². The predicted octanol–water partition coefficient (Wildman–Crippen LogP) is 2.57. The number of halogens is 3. The molecule has 2 aromatic rings. The fourth-order valence-electron chi connectivity index (χ4n) is 2.34. The Kier molecular flexibility index (Phi) is 8.14. The Morgan fingerprint density at radius 1 is 1.16 bits per heavy atom. The number of nitrogens with two attached hydrogens (primary N) is 2. The molecule has 170 valence electrons. The molecule has 0 saturated carbocycles. The zero-order chi connectivity index (χ0) is 23.7. The molecule has 0 fully saturated rings. The number of alkyl halides is 3. The molecule has 0 aromatic heterocycles. The molecule has 2 aromatic carbocycles. The SMILES string of the molecule is CCOC(=O)/C(NN)=C(/N)Oc1ccc(C#N)c(OCc2ccc(OC(F)(F)F)cc2)c1. The van der Waals surface area contributed by atoms with Crippen molar-refractivity contribution in [3.63, 3.8) is 0 Å². The van der Waals surface area contributed by atoms with Crippen LogP contribution in [-0.2, 0) is 16.1 Å². The van der Waals surface area contributed by atoms with Gasteiger partial charge in [0.15, 0.2) is 5.70 Å². The third kappa shape index (κ3) is 6.99. The summed E-state index contributed by atoms with van der Waals surface area (Å²) in [5.41, 5.74) is 8.23. The second-order valence-electron chi connectivity index (χ2n) is 5.96. The van der Waals surface area contributed by atoms with Gasteiger partial charge in [0.25, 0.3) is 0 Å². The first kappa shape index (κ1) is 24.2. The lowest BCUT2D eigenvalue weighted by Gasteiger charge is -2.13. The fourth-order valence-corrected chi connectivity index (χ4v) is 2.34. The third-order valence-corrected chi connectivity index (χ3v) is 3.72. The van der Waals surface area contributed by atoms with Crippen molar-refractivity contribution in [2.75, 3.05) is 6.61 Å². The van der Waals surface area contributed by atoms with Crippen molar-refractivity contribution in [1.29, 1.82) is 5.26 Å². The average molecular weight is 452 g/mol. The molecule has 0 bridgehead atoms. The van der Waals surface area contributed by atoms with Crippen LogP contribution in [0.4, 0.5) is 13.2 Å². The number of hydrazine groups is 1. The number of hydrogen-bond acceptors (Lipinski definition) is 9. The number of rotatable bonds is 9.